The standard InChI is InChI=1S/C17H16ClNO5/c1-3-17(8-12(20)21)13(16(23)24)9(2)14(19-17)15(22)10-4-6-11(18)7-5-10/h4-7H,3,8H2,1-2H3,(H,20,21)(H,23,24). The van der Waals surface area contributed by atoms with Crippen molar-refractivity contribution in [2.45, 2.75) is 32.2 Å². The van der Waals surface area contributed by atoms with Gasteiger partial charge in [0.05, 0.1) is 12.0 Å². The van der Waals surface area contributed by atoms with Crippen LogP contribution in [0.25, 0.3) is 0 Å². The maximum absolute atomic E-state index is 12.7. The number of hydrogen-bond donors (Lipinski definition) is 2. The summed E-state index contributed by atoms with van der Waals surface area (Å²) in [6, 6.07) is 6.13. The van der Waals surface area contributed by atoms with Gasteiger partial charge >= 0.3 is 11.9 Å². The van der Waals surface area contributed by atoms with Crippen LogP contribution in [0.4, 0.5) is 0 Å². The molecule has 1 atom stereocenters. The van der Waals surface area contributed by atoms with Gasteiger partial charge in [0.15, 0.2) is 0 Å². The van der Waals surface area contributed by atoms with Gasteiger partial charge in [0.1, 0.15) is 11.3 Å². The van der Waals surface area contributed by atoms with Crippen LogP contribution in [0.3, 0.4) is 0 Å². The van der Waals surface area contributed by atoms with Gasteiger partial charge in [-0.15, -0.1) is 0 Å². The number of rotatable bonds is 6. The highest BCUT2D eigenvalue weighted by Crippen LogP contribution is 2.38. The fourth-order valence-corrected chi connectivity index (χ4v) is 3.02. The van der Waals surface area contributed by atoms with Crippen molar-refractivity contribution in [3.05, 3.63) is 46.0 Å². The van der Waals surface area contributed by atoms with Crippen molar-refractivity contribution in [2.75, 3.05) is 0 Å². The molecule has 0 aromatic heterocycles. The van der Waals surface area contributed by atoms with Crippen molar-refractivity contribution < 1.29 is 24.6 Å². The van der Waals surface area contributed by atoms with Crippen LogP contribution < -0.4 is 0 Å². The lowest BCUT2D eigenvalue weighted by Gasteiger charge is -2.24. The lowest BCUT2D eigenvalue weighted by molar-refractivity contribution is -0.138. The first-order valence-corrected chi connectivity index (χ1v) is 7.66. The number of hydrogen-bond acceptors (Lipinski definition) is 4. The van der Waals surface area contributed by atoms with Gasteiger partial charge in [0, 0.05) is 10.6 Å². The number of halogens is 1. The minimum Gasteiger partial charge on any atom is -0.481 e. The first-order valence-electron chi connectivity index (χ1n) is 7.28. The van der Waals surface area contributed by atoms with Gasteiger partial charge in [-0.3, -0.25) is 14.6 Å². The predicted molar refractivity (Wildman–Crippen MR) is 88.8 cm³/mol. The molecule has 0 spiro atoms. The summed E-state index contributed by atoms with van der Waals surface area (Å²) in [5.41, 5.74) is -1.07. The molecule has 126 valence electrons. The lowest BCUT2D eigenvalue weighted by Crippen LogP contribution is -2.33. The van der Waals surface area contributed by atoms with Gasteiger partial charge in [-0.1, -0.05) is 18.5 Å². The monoisotopic (exact) mass is 349 g/mol. The molecule has 0 bridgehead atoms. The van der Waals surface area contributed by atoms with Gasteiger partial charge in [-0.05, 0) is 43.2 Å². The fraction of sp³-hybridized carbons (Fsp3) is 0.294. The minimum absolute atomic E-state index is 0.0159. The maximum atomic E-state index is 12.7. The Labute approximate surface area is 143 Å². The quantitative estimate of drug-likeness (QED) is 0.768. The van der Waals surface area contributed by atoms with Crippen LogP contribution in [-0.4, -0.2) is 39.2 Å². The molecule has 2 rings (SSSR count). The van der Waals surface area contributed by atoms with E-state index in [1.165, 1.54) is 19.1 Å². The topological polar surface area (TPSA) is 104 Å². The van der Waals surface area contributed by atoms with Gasteiger partial charge in [-0.2, -0.15) is 0 Å². The number of carbonyl (C=O) groups is 3. The molecule has 1 heterocycles. The van der Waals surface area contributed by atoms with E-state index in [2.05, 4.69) is 4.99 Å². The van der Waals surface area contributed by atoms with E-state index in [1.807, 2.05) is 0 Å². The summed E-state index contributed by atoms with van der Waals surface area (Å²) in [6.45, 7) is 3.13. The van der Waals surface area contributed by atoms with Crippen LogP contribution in [0, 0.1) is 0 Å². The Bertz CT molecular complexity index is 779. The van der Waals surface area contributed by atoms with Crippen LogP contribution in [0.1, 0.15) is 37.0 Å². The summed E-state index contributed by atoms with van der Waals surface area (Å²) in [5.74, 6) is -2.89. The number of ketones is 1. The molecule has 1 unspecified atom stereocenters. The van der Waals surface area contributed by atoms with Crippen molar-refractivity contribution in [1.29, 1.82) is 0 Å². The van der Waals surface area contributed by atoms with E-state index in [0.717, 1.165) is 0 Å². The summed E-state index contributed by atoms with van der Waals surface area (Å²) < 4.78 is 0. The molecule has 24 heavy (non-hydrogen) atoms. The van der Waals surface area contributed by atoms with Crippen molar-refractivity contribution in [3.63, 3.8) is 0 Å². The Morgan fingerprint density at radius 2 is 1.75 bits per heavy atom. The van der Waals surface area contributed by atoms with Gasteiger partial charge in [0.25, 0.3) is 0 Å². The zero-order chi connectivity index (χ0) is 18.1. The van der Waals surface area contributed by atoms with Crippen LogP contribution in [0.2, 0.25) is 5.02 Å². The van der Waals surface area contributed by atoms with Crippen molar-refractivity contribution in [3.8, 4) is 0 Å². The molecule has 1 aromatic carbocycles. The van der Waals surface area contributed by atoms with Crippen molar-refractivity contribution in [2.24, 2.45) is 4.99 Å². The highest BCUT2D eigenvalue weighted by molar-refractivity contribution is 6.52. The Morgan fingerprint density at radius 1 is 1.17 bits per heavy atom. The van der Waals surface area contributed by atoms with E-state index >= 15 is 0 Å². The lowest BCUT2D eigenvalue weighted by atomic mass is 9.83. The molecule has 0 aliphatic carbocycles. The number of aliphatic carboxylic acids is 2. The second-order valence-electron chi connectivity index (χ2n) is 5.56. The average Bonchev–Trinajstić information content (AvgIpc) is 2.79. The summed E-state index contributed by atoms with van der Waals surface area (Å²) in [4.78, 5) is 39.8. The largest absolute Gasteiger partial charge is 0.481 e. The van der Waals surface area contributed by atoms with Crippen LogP contribution in [0.15, 0.2) is 40.4 Å². The third-order valence-electron chi connectivity index (χ3n) is 4.09. The van der Waals surface area contributed by atoms with E-state index in [0.29, 0.717) is 10.6 Å². The maximum Gasteiger partial charge on any atom is 0.334 e. The van der Waals surface area contributed by atoms with E-state index in [1.54, 1.807) is 19.1 Å². The number of benzene rings is 1. The zero-order valence-electron chi connectivity index (χ0n) is 13.2. The number of carbonyl (C=O) groups excluding carboxylic acids is 1. The molecule has 0 fully saturated rings. The first kappa shape index (κ1) is 17.9. The van der Waals surface area contributed by atoms with Crippen molar-refractivity contribution >= 4 is 35.0 Å². The second-order valence-corrected chi connectivity index (χ2v) is 5.99. The van der Waals surface area contributed by atoms with E-state index in [4.69, 9.17) is 16.7 Å². The van der Waals surface area contributed by atoms with Crippen LogP contribution in [0.5, 0.6) is 0 Å². The van der Waals surface area contributed by atoms with Gasteiger partial charge < -0.3 is 10.2 Å². The molecule has 6 nitrogen and oxygen atoms in total. The summed E-state index contributed by atoms with van der Waals surface area (Å²) in [5, 5.41) is 19.1. The SMILES string of the molecule is CCC1(CC(=O)O)N=C(C(=O)c2ccc(Cl)cc2)C(C)=C1C(=O)O. The van der Waals surface area contributed by atoms with E-state index < -0.39 is 29.7 Å². The second kappa shape index (κ2) is 6.57. The van der Waals surface area contributed by atoms with Crippen LogP contribution >= 0.6 is 11.6 Å². The van der Waals surface area contributed by atoms with Gasteiger partial charge in [-0.25, -0.2) is 4.79 Å². The van der Waals surface area contributed by atoms with E-state index in [-0.39, 0.29) is 23.3 Å². The Kier molecular flexibility index (Phi) is 4.89. The molecule has 2 N–H and O–H groups in total. The summed E-state index contributed by atoms with van der Waals surface area (Å²) in [6.07, 6.45) is -0.324. The molecular weight excluding hydrogens is 334 g/mol. The number of carboxylic acid groups (broad SMARTS) is 2. The normalized spacial score (nSPS) is 20.0. The van der Waals surface area contributed by atoms with Gasteiger partial charge in [0.2, 0.25) is 5.78 Å². The number of nitrogens with zero attached hydrogens (tertiary/aromatic N) is 1. The summed E-state index contributed by atoms with van der Waals surface area (Å²) >= 11 is 5.80. The Morgan fingerprint density at radius 3 is 2.21 bits per heavy atom. The van der Waals surface area contributed by atoms with Crippen molar-refractivity contribution in [1.82, 2.24) is 0 Å². The molecular formula is C17H16ClNO5. The molecule has 1 aromatic rings. The molecule has 0 amide bonds. The molecule has 0 radical (unpaired) electrons. The molecule has 1 aliphatic heterocycles. The Hall–Kier alpha value is -2.47. The number of allylic oxidation sites excluding steroid dienone is 1. The molecule has 0 saturated heterocycles. The smallest absolute Gasteiger partial charge is 0.334 e. The number of aliphatic imine (C=N–C) groups is 1. The highest BCUT2D eigenvalue weighted by atomic mass is 35.5. The third kappa shape index (κ3) is 3.10. The molecule has 0 saturated carbocycles. The predicted octanol–water partition coefficient (Wildman–Crippen LogP) is 3.00. The minimum atomic E-state index is -1.43. The third-order valence-corrected chi connectivity index (χ3v) is 4.34. The zero-order valence-corrected chi connectivity index (χ0v) is 13.9. The molecule has 7 heteroatoms. The highest BCUT2D eigenvalue weighted by Gasteiger charge is 2.46. The Balaban J connectivity index is 2.56. The number of carboxylic acids is 2. The number of Topliss-reactive ketones (excluding diaryl/α,β-unsaturated/α-hetero) is 1. The summed E-state index contributed by atoms with van der Waals surface area (Å²) in [7, 11) is 0. The van der Waals surface area contributed by atoms with Crippen LogP contribution in [-0.2, 0) is 9.59 Å². The molecule has 1 aliphatic rings. The van der Waals surface area contributed by atoms with E-state index in [9.17, 15) is 19.5 Å². The fourth-order valence-electron chi connectivity index (χ4n) is 2.90. The first-order chi connectivity index (χ1) is 11.2. The average molecular weight is 350 g/mol.